The highest BCUT2D eigenvalue weighted by atomic mass is 32.2. The molecule has 0 saturated heterocycles. The van der Waals surface area contributed by atoms with Gasteiger partial charge in [-0.15, -0.1) is 0 Å². The molecule has 21 heavy (non-hydrogen) atoms. The summed E-state index contributed by atoms with van der Waals surface area (Å²) in [5.41, 5.74) is 0.928. The fraction of sp³-hybridized carbons (Fsp3) is 0.647. The van der Waals surface area contributed by atoms with Crippen LogP contribution in [0.25, 0.3) is 0 Å². The number of rotatable bonds is 3. The monoisotopic (exact) mass is 311 g/mol. The van der Waals surface area contributed by atoms with Crippen LogP contribution >= 0.6 is 0 Å². The fourth-order valence-electron chi connectivity index (χ4n) is 2.73. The van der Waals surface area contributed by atoms with E-state index in [1.165, 1.54) is 50.7 Å². The number of hydrogen-bond acceptors (Lipinski definition) is 3. The second-order valence-corrected chi connectivity index (χ2v) is 7.56. The summed E-state index contributed by atoms with van der Waals surface area (Å²) in [6, 6.07) is 5.78. The van der Waals surface area contributed by atoms with Gasteiger partial charge in [0.05, 0.1) is 4.90 Å². The van der Waals surface area contributed by atoms with Crippen molar-refractivity contribution in [3.05, 3.63) is 29.8 Å². The summed E-state index contributed by atoms with van der Waals surface area (Å²) in [4.78, 5) is -0.178. The Balaban J connectivity index is 0.000000211. The lowest BCUT2D eigenvalue weighted by Gasteiger charge is -2.25. The van der Waals surface area contributed by atoms with Gasteiger partial charge in [-0.25, -0.2) is 8.42 Å². The van der Waals surface area contributed by atoms with Gasteiger partial charge in [-0.2, -0.15) is 0 Å². The molecule has 0 spiro atoms. The van der Waals surface area contributed by atoms with Crippen molar-refractivity contribution in [2.75, 3.05) is 0 Å². The van der Waals surface area contributed by atoms with Crippen LogP contribution in [0.15, 0.2) is 29.2 Å². The van der Waals surface area contributed by atoms with Crippen LogP contribution in [0.5, 0.6) is 0 Å². The fourth-order valence-corrected chi connectivity index (χ4v) is 3.20. The van der Waals surface area contributed by atoms with Gasteiger partial charge in [-0.05, 0) is 30.9 Å². The highest BCUT2D eigenvalue weighted by Gasteiger charge is 2.16. The lowest BCUT2D eigenvalue weighted by Crippen LogP contribution is -2.11. The molecule has 0 amide bonds. The van der Waals surface area contributed by atoms with E-state index in [-0.39, 0.29) is 4.90 Å². The molecule has 4 heteroatoms. The minimum Gasteiger partial charge on any atom is -0.744 e. The average molecular weight is 311 g/mol. The third-order valence-electron chi connectivity index (χ3n) is 4.14. The summed E-state index contributed by atoms with van der Waals surface area (Å²) in [6.07, 6.45) is 8.87. The number of aryl methyl sites for hydroxylation is 1. The van der Waals surface area contributed by atoms with Gasteiger partial charge in [0.25, 0.3) is 0 Å². The number of hydrogen-bond donors (Lipinski definition) is 0. The zero-order valence-electron chi connectivity index (χ0n) is 13.3. The normalized spacial score (nSPS) is 22.3. The molecular formula is C17H27O3S-. The summed E-state index contributed by atoms with van der Waals surface area (Å²) in [5.74, 6) is 2.11. The molecule has 0 aliphatic heterocycles. The highest BCUT2D eigenvalue weighted by molar-refractivity contribution is 7.85. The maximum atomic E-state index is 10.4. The molecule has 0 atom stereocenters. The molecule has 1 aromatic carbocycles. The maximum absolute atomic E-state index is 10.4. The smallest absolute Gasteiger partial charge is 0.124 e. The topological polar surface area (TPSA) is 57.2 Å². The largest absolute Gasteiger partial charge is 0.744 e. The first-order valence-corrected chi connectivity index (χ1v) is 9.26. The van der Waals surface area contributed by atoms with E-state index in [1.807, 2.05) is 6.92 Å². The molecule has 0 heterocycles. The summed E-state index contributed by atoms with van der Waals surface area (Å²) in [7, 11) is -4.27. The first-order valence-electron chi connectivity index (χ1n) is 7.85. The van der Waals surface area contributed by atoms with Crippen molar-refractivity contribution in [3.63, 3.8) is 0 Å². The molecule has 1 saturated carbocycles. The van der Waals surface area contributed by atoms with E-state index in [1.54, 1.807) is 12.1 Å². The first kappa shape index (κ1) is 18.2. The SMILES string of the molecule is CCCC1CCC(C)CC1.Cc1ccc(S(=O)(=O)[O-])cc1. The van der Waals surface area contributed by atoms with Crippen molar-refractivity contribution in [2.45, 2.75) is 64.2 Å². The van der Waals surface area contributed by atoms with Crippen LogP contribution < -0.4 is 0 Å². The molecule has 1 aliphatic rings. The Morgan fingerprint density at radius 3 is 2.05 bits per heavy atom. The highest BCUT2D eigenvalue weighted by Crippen LogP contribution is 2.30. The maximum Gasteiger partial charge on any atom is 0.124 e. The second-order valence-electron chi connectivity index (χ2n) is 6.18. The van der Waals surface area contributed by atoms with Gasteiger partial charge >= 0.3 is 0 Å². The molecule has 0 aromatic heterocycles. The van der Waals surface area contributed by atoms with Crippen LogP contribution in [0.3, 0.4) is 0 Å². The standard InChI is InChI=1S/C10H20.C7H8O3S/c1-3-4-10-7-5-9(2)6-8-10;1-6-2-4-7(5-3-6)11(8,9)10/h9-10H,3-8H2,1-2H3;2-5H,1H3,(H,8,9,10)/p-1. The predicted molar refractivity (Wildman–Crippen MR) is 85.2 cm³/mol. The van der Waals surface area contributed by atoms with Gasteiger partial charge in [-0.3, -0.25) is 0 Å². The van der Waals surface area contributed by atoms with E-state index in [4.69, 9.17) is 0 Å². The molecule has 1 aliphatic carbocycles. The predicted octanol–water partition coefficient (Wildman–Crippen LogP) is 4.51. The van der Waals surface area contributed by atoms with Crippen LogP contribution in [0.4, 0.5) is 0 Å². The third-order valence-corrected chi connectivity index (χ3v) is 4.99. The van der Waals surface area contributed by atoms with Gasteiger partial charge in [0.15, 0.2) is 0 Å². The lowest BCUT2D eigenvalue weighted by atomic mass is 9.81. The molecule has 3 nitrogen and oxygen atoms in total. The van der Waals surface area contributed by atoms with E-state index < -0.39 is 10.1 Å². The average Bonchev–Trinajstić information content (AvgIpc) is 2.42. The van der Waals surface area contributed by atoms with Crippen molar-refractivity contribution in [3.8, 4) is 0 Å². The molecular weight excluding hydrogens is 284 g/mol. The van der Waals surface area contributed by atoms with Gasteiger partial charge < -0.3 is 4.55 Å². The molecule has 120 valence electrons. The molecule has 0 radical (unpaired) electrons. The molecule has 1 aromatic rings. The van der Waals surface area contributed by atoms with Crippen molar-refractivity contribution < 1.29 is 13.0 Å². The van der Waals surface area contributed by atoms with Crippen molar-refractivity contribution in [2.24, 2.45) is 11.8 Å². The summed E-state index contributed by atoms with van der Waals surface area (Å²) in [5, 5.41) is 0. The van der Waals surface area contributed by atoms with E-state index in [0.29, 0.717) is 0 Å². The minimum atomic E-state index is -4.27. The van der Waals surface area contributed by atoms with Gasteiger partial charge in [0, 0.05) is 0 Å². The quantitative estimate of drug-likeness (QED) is 0.772. The summed E-state index contributed by atoms with van der Waals surface area (Å²) in [6.45, 7) is 6.52. The van der Waals surface area contributed by atoms with Crippen molar-refractivity contribution in [1.82, 2.24) is 0 Å². The molecule has 0 bridgehead atoms. The Bertz CT molecular complexity index is 497. The lowest BCUT2D eigenvalue weighted by molar-refractivity contribution is 0.276. The zero-order valence-corrected chi connectivity index (χ0v) is 14.2. The van der Waals surface area contributed by atoms with E-state index in [0.717, 1.165) is 17.4 Å². The zero-order chi connectivity index (χ0) is 15.9. The van der Waals surface area contributed by atoms with E-state index in [2.05, 4.69) is 13.8 Å². The summed E-state index contributed by atoms with van der Waals surface area (Å²) < 4.78 is 31.2. The van der Waals surface area contributed by atoms with Crippen LogP contribution in [-0.2, 0) is 10.1 Å². The van der Waals surface area contributed by atoms with Gasteiger partial charge in [0.1, 0.15) is 10.1 Å². The van der Waals surface area contributed by atoms with Crippen LogP contribution in [0.1, 0.15) is 57.9 Å². The third kappa shape index (κ3) is 7.09. The second kappa shape index (κ2) is 8.54. The minimum absolute atomic E-state index is 0.178. The Morgan fingerprint density at radius 2 is 1.62 bits per heavy atom. The van der Waals surface area contributed by atoms with Crippen molar-refractivity contribution >= 4 is 10.1 Å². The van der Waals surface area contributed by atoms with Crippen LogP contribution in [0.2, 0.25) is 0 Å². The molecule has 1 fully saturated rings. The Hall–Kier alpha value is -0.870. The van der Waals surface area contributed by atoms with Gasteiger partial charge in [0.2, 0.25) is 0 Å². The van der Waals surface area contributed by atoms with E-state index >= 15 is 0 Å². The van der Waals surface area contributed by atoms with Gasteiger partial charge in [-0.1, -0.05) is 70.1 Å². The molecule has 0 unspecified atom stereocenters. The van der Waals surface area contributed by atoms with E-state index in [9.17, 15) is 13.0 Å². The number of benzene rings is 1. The Morgan fingerprint density at radius 1 is 1.10 bits per heavy atom. The first-order chi connectivity index (χ1) is 9.82. The van der Waals surface area contributed by atoms with Crippen LogP contribution in [-0.4, -0.2) is 13.0 Å². The Kier molecular flexibility index (Phi) is 7.40. The Labute approximate surface area is 129 Å². The van der Waals surface area contributed by atoms with Crippen molar-refractivity contribution in [1.29, 1.82) is 0 Å². The molecule has 0 N–H and O–H groups in total. The summed E-state index contributed by atoms with van der Waals surface area (Å²) >= 11 is 0. The van der Waals surface area contributed by atoms with Crippen LogP contribution in [0, 0.1) is 18.8 Å². The molecule has 2 rings (SSSR count).